The number of nitrogens with one attached hydrogen (secondary N) is 1. The molecule has 0 bridgehead atoms. The summed E-state index contributed by atoms with van der Waals surface area (Å²) in [6, 6.07) is 2.30. The second-order valence-corrected chi connectivity index (χ2v) is 9.21. The monoisotopic (exact) mass is 388 g/mol. The summed E-state index contributed by atoms with van der Waals surface area (Å²) < 4.78 is 5.61. The van der Waals surface area contributed by atoms with Crippen LogP contribution in [0.3, 0.4) is 0 Å². The molecular weight excluding hydrogens is 368 g/mol. The van der Waals surface area contributed by atoms with Gasteiger partial charge in [0, 0.05) is 10.8 Å². The average Bonchev–Trinajstić information content (AvgIpc) is 3.35. The maximum atomic E-state index is 12.6. The number of hydrogen-bond donors (Lipinski definition) is 1. The summed E-state index contributed by atoms with van der Waals surface area (Å²) in [4.78, 5) is 13.8. The molecule has 8 heteroatoms. The summed E-state index contributed by atoms with van der Waals surface area (Å²) in [5.41, 5.74) is 1.78. The van der Waals surface area contributed by atoms with E-state index < -0.39 is 0 Å². The minimum atomic E-state index is -0.379. The Kier molecular flexibility index (Phi) is 5.00. The summed E-state index contributed by atoms with van der Waals surface area (Å²) >= 11 is 2.81. The first-order chi connectivity index (χ1) is 12.7. The Morgan fingerprint density at radius 1 is 1.35 bits per heavy atom. The van der Waals surface area contributed by atoms with Crippen LogP contribution in [0.4, 0.5) is 5.00 Å². The molecule has 0 radical (unpaired) electrons. The number of aryl methyl sites for hydroxylation is 1. The van der Waals surface area contributed by atoms with Crippen molar-refractivity contribution in [2.24, 2.45) is 0 Å². The van der Waals surface area contributed by atoms with Crippen molar-refractivity contribution in [3.05, 3.63) is 21.9 Å². The molecule has 0 saturated heterocycles. The number of carbonyl (C=O) groups excluding carboxylic acids is 1. The fourth-order valence-corrected chi connectivity index (χ4v) is 5.06. The molecule has 26 heavy (non-hydrogen) atoms. The van der Waals surface area contributed by atoms with Crippen LogP contribution in [-0.4, -0.2) is 21.4 Å². The first-order valence-corrected chi connectivity index (χ1v) is 10.7. The Bertz CT molecular complexity index is 863. The molecule has 4 rings (SSSR count). The third-order valence-electron chi connectivity index (χ3n) is 4.77. The lowest BCUT2D eigenvalue weighted by molar-refractivity contribution is -0.115. The van der Waals surface area contributed by atoms with Crippen molar-refractivity contribution in [3.63, 3.8) is 0 Å². The average molecular weight is 389 g/mol. The van der Waals surface area contributed by atoms with Gasteiger partial charge in [-0.15, -0.1) is 21.5 Å². The fraction of sp³-hybridized carbons (Fsp3) is 0.556. The molecule has 1 amide bonds. The highest BCUT2D eigenvalue weighted by Gasteiger charge is 2.30. The standard InChI is InChI=1S/C18H20N4O2S2/c1-10(25-18-22-21-16(24-18)11-7-8-11)15(23)20-17-13(9-19)12-5-3-2-4-6-14(12)26-17/h10-11H,2-8H2,1H3,(H,20,23). The van der Waals surface area contributed by atoms with Crippen LogP contribution in [0.5, 0.6) is 0 Å². The molecule has 1 N–H and O–H groups in total. The lowest BCUT2D eigenvalue weighted by atomic mass is 10.1. The number of hydrogen-bond acceptors (Lipinski definition) is 7. The molecular formula is C18H20N4O2S2. The Hall–Kier alpha value is -1.85. The molecule has 1 saturated carbocycles. The molecule has 1 fully saturated rings. The van der Waals surface area contributed by atoms with Crippen LogP contribution in [0, 0.1) is 11.3 Å². The van der Waals surface area contributed by atoms with Gasteiger partial charge in [-0.05, 0) is 51.0 Å². The second-order valence-electron chi connectivity index (χ2n) is 6.81. The highest BCUT2D eigenvalue weighted by Crippen LogP contribution is 2.40. The molecule has 2 aromatic heterocycles. The van der Waals surface area contributed by atoms with E-state index >= 15 is 0 Å². The molecule has 2 aliphatic carbocycles. The molecule has 2 aliphatic rings. The number of rotatable bonds is 5. The van der Waals surface area contributed by atoms with Crippen LogP contribution >= 0.6 is 23.1 Å². The number of thiophene rings is 1. The summed E-state index contributed by atoms with van der Waals surface area (Å²) in [6.45, 7) is 1.81. The predicted octanol–water partition coefficient (Wildman–Crippen LogP) is 4.27. The first-order valence-electron chi connectivity index (χ1n) is 9.01. The van der Waals surface area contributed by atoms with E-state index in [4.69, 9.17) is 4.42 Å². The number of carbonyl (C=O) groups is 1. The van der Waals surface area contributed by atoms with E-state index in [-0.39, 0.29) is 11.2 Å². The fourth-order valence-electron chi connectivity index (χ4n) is 3.13. The van der Waals surface area contributed by atoms with Crippen molar-refractivity contribution in [2.45, 2.75) is 68.3 Å². The van der Waals surface area contributed by atoms with Crippen molar-refractivity contribution in [3.8, 4) is 6.07 Å². The number of amides is 1. The van der Waals surface area contributed by atoms with Crippen molar-refractivity contribution < 1.29 is 9.21 Å². The highest BCUT2D eigenvalue weighted by molar-refractivity contribution is 8.00. The van der Waals surface area contributed by atoms with Crippen LogP contribution < -0.4 is 5.32 Å². The predicted molar refractivity (Wildman–Crippen MR) is 101 cm³/mol. The molecule has 136 valence electrons. The molecule has 6 nitrogen and oxygen atoms in total. The Labute approximate surface area is 160 Å². The van der Waals surface area contributed by atoms with Crippen LogP contribution in [0.2, 0.25) is 0 Å². The van der Waals surface area contributed by atoms with E-state index in [1.165, 1.54) is 23.1 Å². The summed E-state index contributed by atoms with van der Waals surface area (Å²) in [5, 5.41) is 21.3. The zero-order valence-corrected chi connectivity index (χ0v) is 16.2. The molecule has 0 aliphatic heterocycles. The van der Waals surface area contributed by atoms with E-state index in [1.54, 1.807) is 11.3 Å². The zero-order chi connectivity index (χ0) is 18.1. The van der Waals surface area contributed by atoms with Gasteiger partial charge in [-0.1, -0.05) is 18.2 Å². The maximum Gasteiger partial charge on any atom is 0.277 e. The lowest BCUT2D eigenvalue weighted by Gasteiger charge is -2.09. The van der Waals surface area contributed by atoms with Gasteiger partial charge in [0.2, 0.25) is 11.8 Å². The normalized spacial score (nSPS) is 17.8. The maximum absolute atomic E-state index is 12.6. The number of fused-ring (bicyclic) bond motifs is 1. The molecule has 2 aromatic rings. The number of anilines is 1. The van der Waals surface area contributed by atoms with E-state index in [9.17, 15) is 10.1 Å². The van der Waals surface area contributed by atoms with E-state index in [1.807, 2.05) is 6.92 Å². The van der Waals surface area contributed by atoms with Crippen LogP contribution in [0.1, 0.15) is 66.8 Å². The Morgan fingerprint density at radius 3 is 2.92 bits per heavy atom. The SMILES string of the molecule is CC(Sc1nnc(C2CC2)o1)C(=O)Nc1sc2c(c1C#N)CCCCC2. The quantitative estimate of drug-likeness (QED) is 0.607. The zero-order valence-electron chi connectivity index (χ0n) is 14.6. The molecule has 2 heterocycles. The van der Waals surface area contributed by atoms with E-state index in [2.05, 4.69) is 21.6 Å². The Balaban J connectivity index is 1.44. The lowest BCUT2D eigenvalue weighted by Crippen LogP contribution is -2.22. The van der Waals surface area contributed by atoms with Crippen molar-refractivity contribution >= 4 is 34.0 Å². The van der Waals surface area contributed by atoms with Gasteiger partial charge in [-0.3, -0.25) is 4.79 Å². The largest absolute Gasteiger partial charge is 0.416 e. The van der Waals surface area contributed by atoms with Crippen LogP contribution in [-0.2, 0) is 17.6 Å². The van der Waals surface area contributed by atoms with Gasteiger partial charge < -0.3 is 9.73 Å². The van der Waals surface area contributed by atoms with Gasteiger partial charge >= 0.3 is 0 Å². The van der Waals surface area contributed by atoms with Gasteiger partial charge in [0.05, 0.1) is 10.8 Å². The summed E-state index contributed by atoms with van der Waals surface area (Å²) in [7, 11) is 0. The van der Waals surface area contributed by atoms with Crippen molar-refractivity contribution in [1.29, 1.82) is 5.26 Å². The van der Waals surface area contributed by atoms with Gasteiger partial charge in [0.25, 0.3) is 5.22 Å². The summed E-state index contributed by atoms with van der Waals surface area (Å²) in [5.74, 6) is 0.934. The van der Waals surface area contributed by atoms with E-state index in [0.717, 1.165) is 44.1 Å². The van der Waals surface area contributed by atoms with Crippen molar-refractivity contribution in [2.75, 3.05) is 5.32 Å². The van der Waals surface area contributed by atoms with Crippen LogP contribution in [0.25, 0.3) is 0 Å². The summed E-state index contributed by atoms with van der Waals surface area (Å²) in [6.07, 6.45) is 7.60. The smallest absolute Gasteiger partial charge is 0.277 e. The van der Waals surface area contributed by atoms with E-state index in [0.29, 0.717) is 27.6 Å². The molecule has 0 spiro atoms. The third kappa shape index (κ3) is 3.64. The van der Waals surface area contributed by atoms with Gasteiger partial charge in [0.1, 0.15) is 11.1 Å². The topological polar surface area (TPSA) is 91.8 Å². The molecule has 0 aromatic carbocycles. The molecule has 1 atom stereocenters. The number of thioether (sulfide) groups is 1. The number of nitrogens with zero attached hydrogens (tertiary/aromatic N) is 3. The minimum absolute atomic E-state index is 0.144. The molecule has 1 unspecified atom stereocenters. The second kappa shape index (κ2) is 7.41. The van der Waals surface area contributed by atoms with Crippen LogP contribution in [0.15, 0.2) is 9.64 Å². The van der Waals surface area contributed by atoms with Gasteiger partial charge in [0.15, 0.2) is 0 Å². The van der Waals surface area contributed by atoms with Gasteiger partial charge in [-0.25, -0.2) is 0 Å². The Morgan fingerprint density at radius 2 is 2.15 bits per heavy atom. The van der Waals surface area contributed by atoms with Crippen molar-refractivity contribution in [1.82, 2.24) is 10.2 Å². The highest BCUT2D eigenvalue weighted by atomic mass is 32.2. The third-order valence-corrected chi connectivity index (χ3v) is 6.91. The number of nitriles is 1. The minimum Gasteiger partial charge on any atom is -0.416 e. The first kappa shape index (κ1) is 17.6. The van der Waals surface area contributed by atoms with Gasteiger partial charge in [-0.2, -0.15) is 5.26 Å². The number of aromatic nitrogens is 2.